The van der Waals surface area contributed by atoms with Gasteiger partial charge in [-0.25, -0.2) is 14.4 Å². The van der Waals surface area contributed by atoms with Crippen LogP contribution in [0.25, 0.3) is 10.9 Å². The van der Waals surface area contributed by atoms with Crippen molar-refractivity contribution in [1.29, 1.82) is 0 Å². The first-order valence-electron chi connectivity index (χ1n) is 14.3. The summed E-state index contributed by atoms with van der Waals surface area (Å²) in [5.41, 5.74) is 2.57. The predicted molar refractivity (Wildman–Crippen MR) is 169 cm³/mol. The maximum Gasteiger partial charge on any atom is 0.248 e. The number of ether oxygens (including phenoxy) is 2. The Kier molecular flexibility index (Phi) is 10.2. The predicted octanol–water partition coefficient (Wildman–Crippen LogP) is 7.29. The first-order chi connectivity index (χ1) is 20.9. The SMILES string of the molecule is COCCN(C)CC=CC(=O)Nc1cc2c(N(c3ccccc3)c3ccc(F)c(Cl)c3)ncnc2cc1OC1CCCC1. The second kappa shape index (κ2) is 14.4. The average Bonchev–Trinajstić information content (AvgIpc) is 3.52. The standard InChI is InChI=1S/C33H35ClFN5O3/c1-39(17-18-42-2)16-8-13-32(41)38-30-20-26-29(21-31(30)43-25-11-6-7-12-25)36-22-37-33(26)40(23-9-4-3-5-10-23)24-14-15-28(35)27(34)19-24/h3-5,8-10,13-15,19-22,25H,6-7,11-12,16-18H2,1-2H3,(H,38,41). The number of carbonyl (C=O) groups is 1. The molecule has 0 unspecified atom stereocenters. The fourth-order valence-electron chi connectivity index (χ4n) is 5.08. The Labute approximate surface area is 256 Å². The zero-order chi connectivity index (χ0) is 30.2. The molecule has 4 aromatic rings. The molecule has 1 aromatic heterocycles. The van der Waals surface area contributed by atoms with E-state index in [4.69, 9.17) is 21.1 Å². The third-order valence-corrected chi connectivity index (χ3v) is 7.61. The third-order valence-electron chi connectivity index (χ3n) is 7.32. The Balaban J connectivity index is 1.55. The lowest BCUT2D eigenvalue weighted by Gasteiger charge is -2.26. The molecule has 0 radical (unpaired) electrons. The van der Waals surface area contributed by atoms with Crippen LogP contribution >= 0.6 is 11.6 Å². The van der Waals surface area contributed by atoms with E-state index in [1.54, 1.807) is 19.2 Å². The molecule has 1 aliphatic rings. The largest absolute Gasteiger partial charge is 0.488 e. The number of amides is 1. The van der Waals surface area contributed by atoms with E-state index < -0.39 is 5.82 Å². The van der Waals surface area contributed by atoms with Crippen molar-refractivity contribution in [3.63, 3.8) is 0 Å². The van der Waals surface area contributed by atoms with Crippen LogP contribution in [0.5, 0.6) is 5.75 Å². The highest BCUT2D eigenvalue weighted by atomic mass is 35.5. The van der Waals surface area contributed by atoms with Crippen LogP contribution < -0.4 is 15.0 Å². The minimum Gasteiger partial charge on any atom is -0.488 e. The van der Waals surface area contributed by atoms with Crippen molar-refractivity contribution in [2.24, 2.45) is 0 Å². The summed E-state index contributed by atoms with van der Waals surface area (Å²) >= 11 is 6.21. The van der Waals surface area contributed by atoms with Gasteiger partial charge in [0.1, 0.15) is 23.7 Å². The zero-order valence-corrected chi connectivity index (χ0v) is 25.1. The summed E-state index contributed by atoms with van der Waals surface area (Å²) in [6, 6.07) is 17.8. The summed E-state index contributed by atoms with van der Waals surface area (Å²) in [4.78, 5) is 26.2. The van der Waals surface area contributed by atoms with E-state index in [2.05, 4.69) is 20.2 Å². The van der Waals surface area contributed by atoms with Gasteiger partial charge in [0.15, 0.2) is 0 Å². The Morgan fingerprint density at radius 3 is 2.63 bits per heavy atom. The van der Waals surface area contributed by atoms with Crippen LogP contribution in [-0.2, 0) is 9.53 Å². The van der Waals surface area contributed by atoms with Crippen molar-refractivity contribution < 1.29 is 18.7 Å². The molecular weight excluding hydrogens is 569 g/mol. The number of para-hydroxylation sites is 1. The maximum absolute atomic E-state index is 14.1. The van der Waals surface area contributed by atoms with E-state index in [0.717, 1.165) is 37.9 Å². The van der Waals surface area contributed by atoms with Gasteiger partial charge < -0.3 is 19.7 Å². The minimum atomic E-state index is -0.511. The van der Waals surface area contributed by atoms with Gasteiger partial charge in [-0.1, -0.05) is 35.9 Å². The van der Waals surface area contributed by atoms with Gasteiger partial charge in [0, 0.05) is 49.1 Å². The fraction of sp³-hybridized carbons (Fsp3) is 0.303. The van der Waals surface area contributed by atoms with Gasteiger partial charge in [0.2, 0.25) is 5.91 Å². The first kappa shape index (κ1) is 30.4. The van der Waals surface area contributed by atoms with Crippen LogP contribution in [-0.4, -0.2) is 60.7 Å². The smallest absolute Gasteiger partial charge is 0.248 e. The Morgan fingerprint density at radius 1 is 1.09 bits per heavy atom. The average molecular weight is 604 g/mol. The summed E-state index contributed by atoms with van der Waals surface area (Å²) in [7, 11) is 3.63. The molecule has 3 aromatic carbocycles. The molecule has 1 saturated carbocycles. The van der Waals surface area contributed by atoms with Crippen LogP contribution in [0.1, 0.15) is 25.7 Å². The number of methoxy groups -OCH3 is 1. The molecule has 1 amide bonds. The second-order valence-corrected chi connectivity index (χ2v) is 10.9. The minimum absolute atomic E-state index is 0.00310. The molecule has 1 heterocycles. The molecule has 224 valence electrons. The van der Waals surface area contributed by atoms with Crippen molar-refractivity contribution in [3.8, 4) is 5.75 Å². The van der Waals surface area contributed by atoms with Gasteiger partial charge in [0.05, 0.1) is 28.9 Å². The quantitative estimate of drug-likeness (QED) is 0.170. The van der Waals surface area contributed by atoms with Crippen molar-refractivity contribution >= 4 is 51.3 Å². The van der Waals surface area contributed by atoms with Crippen LogP contribution in [0.2, 0.25) is 5.02 Å². The summed E-state index contributed by atoms with van der Waals surface area (Å²) in [5, 5.41) is 3.68. The molecule has 0 bridgehead atoms. The van der Waals surface area contributed by atoms with E-state index in [-0.39, 0.29) is 17.0 Å². The summed E-state index contributed by atoms with van der Waals surface area (Å²) < 4.78 is 25.7. The topological polar surface area (TPSA) is 79.8 Å². The van der Waals surface area contributed by atoms with Crippen LogP contribution in [0.15, 0.2) is 79.1 Å². The number of aromatic nitrogens is 2. The highest BCUT2D eigenvalue weighted by Crippen LogP contribution is 2.41. The van der Waals surface area contributed by atoms with Crippen molar-refractivity contribution in [1.82, 2.24) is 14.9 Å². The fourth-order valence-corrected chi connectivity index (χ4v) is 5.25. The number of nitrogens with one attached hydrogen (secondary N) is 1. The molecule has 0 atom stereocenters. The second-order valence-electron chi connectivity index (χ2n) is 10.5. The van der Waals surface area contributed by atoms with Gasteiger partial charge >= 0.3 is 0 Å². The monoisotopic (exact) mass is 603 g/mol. The molecule has 0 spiro atoms. The molecule has 0 saturated heterocycles. The molecule has 1 fully saturated rings. The normalized spacial score (nSPS) is 13.7. The molecule has 10 heteroatoms. The van der Waals surface area contributed by atoms with Crippen LogP contribution in [0, 0.1) is 5.82 Å². The zero-order valence-electron chi connectivity index (χ0n) is 24.3. The molecule has 1 aliphatic carbocycles. The molecule has 5 rings (SSSR count). The molecule has 43 heavy (non-hydrogen) atoms. The molecule has 0 aliphatic heterocycles. The number of fused-ring (bicyclic) bond motifs is 1. The number of hydrogen-bond acceptors (Lipinski definition) is 7. The van der Waals surface area contributed by atoms with E-state index in [0.29, 0.717) is 47.0 Å². The van der Waals surface area contributed by atoms with Gasteiger partial charge in [-0.2, -0.15) is 0 Å². The third kappa shape index (κ3) is 7.67. The van der Waals surface area contributed by atoms with Crippen molar-refractivity contribution in [3.05, 3.63) is 90.0 Å². The first-order valence-corrected chi connectivity index (χ1v) is 14.7. The van der Waals surface area contributed by atoms with E-state index in [1.165, 1.54) is 18.5 Å². The molecule has 1 N–H and O–H groups in total. The van der Waals surface area contributed by atoms with E-state index in [1.807, 2.05) is 60.5 Å². The summed E-state index contributed by atoms with van der Waals surface area (Å²) in [5.74, 6) is 0.304. The number of halogens is 2. The maximum atomic E-state index is 14.1. The number of likely N-dealkylation sites (N-methyl/N-ethyl adjacent to an activating group) is 1. The number of benzene rings is 3. The number of rotatable bonds is 12. The van der Waals surface area contributed by atoms with Crippen LogP contribution in [0.3, 0.4) is 0 Å². The number of hydrogen-bond donors (Lipinski definition) is 1. The summed E-state index contributed by atoms with van der Waals surface area (Å²) in [6.07, 6.45) is 9.03. The number of carbonyl (C=O) groups excluding carboxylic acids is 1. The van der Waals surface area contributed by atoms with Gasteiger partial charge in [-0.15, -0.1) is 0 Å². The Morgan fingerprint density at radius 2 is 1.88 bits per heavy atom. The highest BCUT2D eigenvalue weighted by Gasteiger charge is 2.23. The van der Waals surface area contributed by atoms with Gasteiger partial charge in [-0.05, 0) is 69.1 Å². The number of nitrogens with zero attached hydrogens (tertiary/aromatic N) is 4. The van der Waals surface area contributed by atoms with Gasteiger partial charge in [0.25, 0.3) is 0 Å². The Bertz CT molecular complexity index is 1580. The van der Waals surface area contributed by atoms with E-state index in [9.17, 15) is 9.18 Å². The lowest BCUT2D eigenvalue weighted by molar-refractivity contribution is -0.111. The van der Waals surface area contributed by atoms with Crippen molar-refractivity contribution in [2.45, 2.75) is 31.8 Å². The lowest BCUT2D eigenvalue weighted by atomic mass is 10.1. The van der Waals surface area contributed by atoms with Gasteiger partial charge in [-0.3, -0.25) is 9.69 Å². The van der Waals surface area contributed by atoms with E-state index >= 15 is 0 Å². The Hall–Kier alpha value is -4.05. The van der Waals surface area contributed by atoms with Crippen molar-refractivity contribution in [2.75, 3.05) is 44.1 Å². The summed E-state index contributed by atoms with van der Waals surface area (Å²) in [6.45, 7) is 1.97. The molecule has 8 nitrogen and oxygen atoms in total. The molecular formula is C33H35ClFN5O3. The number of anilines is 4. The highest BCUT2D eigenvalue weighted by molar-refractivity contribution is 6.31. The lowest BCUT2D eigenvalue weighted by Crippen LogP contribution is -2.23. The van der Waals surface area contributed by atoms with Crippen LogP contribution in [0.4, 0.5) is 27.3 Å².